The Balaban J connectivity index is 1.49. The molecule has 0 spiro atoms. The van der Waals surface area contributed by atoms with Crippen LogP contribution in [0.15, 0.2) is 36.4 Å². The largest absolute Gasteiger partial charge is 0.493 e. The van der Waals surface area contributed by atoms with Crippen molar-refractivity contribution >= 4 is 11.8 Å². The third kappa shape index (κ3) is 6.47. The topological polar surface area (TPSA) is 113 Å². The van der Waals surface area contributed by atoms with Crippen LogP contribution < -0.4 is 25.3 Å². The van der Waals surface area contributed by atoms with Gasteiger partial charge in [-0.2, -0.15) is 13.2 Å². The first-order valence-corrected chi connectivity index (χ1v) is 13.6. The normalized spacial score (nSPS) is 17.8. The van der Waals surface area contributed by atoms with Crippen LogP contribution >= 0.6 is 0 Å². The van der Waals surface area contributed by atoms with Gasteiger partial charge < -0.3 is 25.3 Å². The number of rotatable bonds is 8. The average Bonchev–Trinajstić information content (AvgIpc) is 3.74. The number of pyridine rings is 1. The van der Waals surface area contributed by atoms with E-state index in [9.17, 15) is 35.9 Å². The molecule has 1 fully saturated rings. The summed E-state index contributed by atoms with van der Waals surface area (Å²) in [5.41, 5.74) is 2.58. The van der Waals surface area contributed by atoms with Crippen LogP contribution in [0, 0.1) is 29.3 Å². The lowest BCUT2D eigenvalue weighted by atomic mass is 9.82. The number of benzene rings is 2. The molecule has 0 radical (unpaired) electrons. The van der Waals surface area contributed by atoms with E-state index in [0.717, 1.165) is 18.9 Å². The minimum Gasteiger partial charge on any atom is -0.493 e. The monoisotopic (exact) mass is 633 g/mol. The molecule has 14 heteroatoms. The molecule has 0 bridgehead atoms. The van der Waals surface area contributed by atoms with Gasteiger partial charge in [0.15, 0.2) is 40.4 Å². The van der Waals surface area contributed by atoms with Gasteiger partial charge in [0.05, 0.1) is 18.9 Å². The molecule has 8 nitrogen and oxygen atoms in total. The molecule has 3 N–H and O–H groups in total. The van der Waals surface area contributed by atoms with Gasteiger partial charge in [0.2, 0.25) is 5.91 Å². The van der Waals surface area contributed by atoms with Crippen molar-refractivity contribution in [2.24, 2.45) is 5.73 Å². The van der Waals surface area contributed by atoms with E-state index in [0.29, 0.717) is 17.9 Å². The Bertz CT molecular complexity index is 1720. The van der Waals surface area contributed by atoms with Crippen LogP contribution in [0.2, 0.25) is 0 Å². The van der Waals surface area contributed by atoms with E-state index < -0.39 is 64.7 Å². The highest BCUT2D eigenvalue weighted by Crippen LogP contribution is 2.43. The number of halogens is 6. The van der Waals surface area contributed by atoms with Gasteiger partial charge in [0.25, 0.3) is 5.91 Å². The Morgan fingerprint density at radius 2 is 1.80 bits per heavy atom. The van der Waals surface area contributed by atoms with Crippen LogP contribution in [0.3, 0.4) is 0 Å². The number of ether oxygens (including phenoxy) is 3. The molecule has 1 aliphatic carbocycles. The summed E-state index contributed by atoms with van der Waals surface area (Å²) in [6.07, 6.45) is -3.16. The first-order chi connectivity index (χ1) is 21.2. The van der Waals surface area contributed by atoms with Gasteiger partial charge >= 0.3 is 6.18 Å². The highest BCUT2D eigenvalue weighted by Gasteiger charge is 2.47. The Morgan fingerprint density at radius 1 is 1.11 bits per heavy atom. The number of fused-ring (bicyclic) bond motifs is 1. The summed E-state index contributed by atoms with van der Waals surface area (Å²) in [5.74, 6) is -3.70. The third-order valence-electron chi connectivity index (χ3n) is 7.41. The predicted molar refractivity (Wildman–Crippen MR) is 146 cm³/mol. The zero-order valence-electron chi connectivity index (χ0n) is 23.8. The smallest absolute Gasteiger partial charge is 0.398 e. The van der Waals surface area contributed by atoms with Crippen molar-refractivity contribution in [3.05, 3.63) is 81.9 Å². The number of nitrogens with two attached hydrogens (primary N) is 1. The lowest BCUT2D eigenvalue weighted by Crippen LogP contribution is -2.40. The molecular formula is C31H25F6N3O5. The van der Waals surface area contributed by atoms with Gasteiger partial charge in [-0.3, -0.25) is 9.59 Å². The van der Waals surface area contributed by atoms with Crippen molar-refractivity contribution in [2.75, 3.05) is 20.3 Å². The van der Waals surface area contributed by atoms with Gasteiger partial charge in [-0.05, 0) is 62.1 Å². The Morgan fingerprint density at radius 3 is 2.40 bits per heavy atom. The lowest BCUT2D eigenvalue weighted by Gasteiger charge is -2.23. The number of nitrogens with one attached hydrogen (secondary N) is 1. The van der Waals surface area contributed by atoms with Crippen LogP contribution in [0.25, 0.3) is 0 Å². The van der Waals surface area contributed by atoms with E-state index in [1.807, 2.05) is 0 Å². The number of primary amides is 1. The molecule has 0 saturated heterocycles. The molecule has 2 atom stereocenters. The van der Waals surface area contributed by atoms with Crippen molar-refractivity contribution in [1.29, 1.82) is 0 Å². The molecule has 3 aromatic rings. The molecule has 236 valence electrons. The number of alkyl halides is 3. The van der Waals surface area contributed by atoms with Gasteiger partial charge in [0.1, 0.15) is 17.9 Å². The van der Waals surface area contributed by atoms with Crippen molar-refractivity contribution in [3.8, 4) is 29.1 Å². The summed E-state index contributed by atoms with van der Waals surface area (Å²) in [7, 11) is 1.36. The standard InChI is InChI=1S/C31H25F6N3O5/c1-30(29(38)42)14-44-27-18(30)12-23(40-22(27)7-3-15-9-20(32)26(34)21(33)10-15)19(31(35,36)37)13-39-28(41)16-4-8-24(25(11-16)43-2)45-17-5-6-17/h4,8-12,17,19H,5-6,13-14H2,1-2H3,(H2,38,42)(H,39,41)/t19-,30+/m1/s1. The highest BCUT2D eigenvalue weighted by molar-refractivity contribution is 5.95. The highest BCUT2D eigenvalue weighted by atomic mass is 19.4. The summed E-state index contributed by atoms with van der Waals surface area (Å²) >= 11 is 0. The van der Waals surface area contributed by atoms with E-state index >= 15 is 0 Å². The first kappa shape index (κ1) is 31.5. The maximum Gasteiger partial charge on any atom is 0.398 e. The Labute approximate surface area is 252 Å². The fourth-order valence-electron chi connectivity index (χ4n) is 4.59. The molecule has 2 amide bonds. The quantitative estimate of drug-likeness (QED) is 0.212. The van der Waals surface area contributed by atoms with Crippen molar-refractivity contribution in [3.63, 3.8) is 0 Å². The maximum absolute atomic E-state index is 14.5. The summed E-state index contributed by atoms with van der Waals surface area (Å²) in [5, 5.41) is 2.26. The lowest BCUT2D eigenvalue weighted by molar-refractivity contribution is -0.149. The molecule has 1 aromatic heterocycles. The molecule has 2 heterocycles. The maximum atomic E-state index is 14.5. The van der Waals surface area contributed by atoms with Crippen molar-refractivity contribution in [2.45, 2.75) is 43.4 Å². The molecule has 45 heavy (non-hydrogen) atoms. The van der Waals surface area contributed by atoms with E-state index in [-0.39, 0.29) is 40.9 Å². The number of aromatic nitrogens is 1. The van der Waals surface area contributed by atoms with Crippen LogP contribution in [0.5, 0.6) is 17.2 Å². The second-order valence-corrected chi connectivity index (χ2v) is 10.7. The number of carbonyl (C=O) groups is 2. The molecule has 0 unspecified atom stereocenters. The SMILES string of the molecule is COc1cc(C(=O)NC[C@H](c2cc3c(c(C#Cc4cc(F)c(F)c(F)c4)n2)OC[C@]3(C)C(N)=O)C(F)(F)F)ccc1OC1CC1. The average molecular weight is 634 g/mol. The summed E-state index contributed by atoms with van der Waals surface area (Å²) < 4.78 is 101. The van der Waals surface area contributed by atoms with Gasteiger partial charge in [-0.1, -0.05) is 5.92 Å². The fourth-order valence-corrected chi connectivity index (χ4v) is 4.59. The zero-order chi connectivity index (χ0) is 32.7. The predicted octanol–water partition coefficient (Wildman–Crippen LogP) is 4.66. The second-order valence-electron chi connectivity index (χ2n) is 10.7. The Hall–Kier alpha value is -4.93. The minimum atomic E-state index is -4.95. The van der Waals surface area contributed by atoms with Gasteiger partial charge in [-0.15, -0.1) is 0 Å². The van der Waals surface area contributed by atoms with Crippen LogP contribution in [0.4, 0.5) is 26.3 Å². The number of methoxy groups -OCH3 is 1. The molecule has 2 aliphatic rings. The molecule has 1 aliphatic heterocycles. The van der Waals surface area contributed by atoms with Crippen LogP contribution in [0.1, 0.15) is 58.6 Å². The second kappa shape index (κ2) is 11.9. The first-order valence-electron chi connectivity index (χ1n) is 13.6. The van der Waals surface area contributed by atoms with E-state index in [1.165, 1.54) is 32.2 Å². The van der Waals surface area contributed by atoms with Gasteiger partial charge in [-0.25, -0.2) is 18.2 Å². The summed E-state index contributed by atoms with van der Waals surface area (Å²) in [6.45, 7) is 0.0559. The molecule has 5 rings (SSSR count). The summed E-state index contributed by atoms with van der Waals surface area (Å²) in [4.78, 5) is 29.3. The molecule has 1 saturated carbocycles. The van der Waals surface area contributed by atoms with Gasteiger partial charge in [0, 0.05) is 23.2 Å². The summed E-state index contributed by atoms with van der Waals surface area (Å²) in [6, 6.07) is 6.41. The van der Waals surface area contributed by atoms with Crippen LogP contribution in [-0.2, 0) is 10.2 Å². The molecule has 2 aromatic carbocycles. The third-order valence-corrected chi connectivity index (χ3v) is 7.41. The molecular weight excluding hydrogens is 608 g/mol. The number of hydrogen-bond acceptors (Lipinski definition) is 6. The number of hydrogen-bond donors (Lipinski definition) is 2. The number of nitrogens with zero attached hydrogens (tertiary/aromatic N) is 1. The van der Waals surface area contributed by atoms with Crippen molar-refractivity contribution < 1.29 is 50.1 Å². The number of amides is 2. The zero-order valence-corrected chi connectivity index (χ0v) is 23.8. The van der Waals surface area contributed by atoms with Crippen molar-refractivity contribution in [1.82, 2.24) is 10.3 Å². The minimum absolute atomic E-state index is 0.0119. The fraction of sp³-hybridized carbons (Fsp3) is 0.323. The van der Waals surface area contributed by atoms with E-state index in [4.69, 9.17) is 19.9 Å². The van der Waals surface area contributed by atoms with Crippen LogP contribution in [-0.4, -0.2) is 49.3 Å². The van der Waals surface area contributed by atoms with E-state index in [2.05, 4.69) is 22.1 Å². The number of carbonyl (C=O) groups excluding carboxylic acids is 2. The van der Waals surface area contributed by atoms with E-state index in [1.54, 1.807) is 0 Å². The Kier molecular flexibility index (Phi) is 8.31.